The molecule has 0 amide bonds. The van der Waals surface area contributed by atoms with Gasteiger partial charge in [-0.1, -0.05) is 50.1 Å². The molecule has 0 saturated heterocycles. The summed E-state index contributed by atoms with van der Waals surface area (Å²) in [6.07, 6.45) is 4.96. The van der Waals surface area contributed by atoms with Gasteiger partial charge in [0.2, 0.25) is 0 Å². The van der Waals surface area contributed by atoms with Gasteiger partial charge >= 0.3 is 11.9 Å². The SMILES string of the molecule is CCCCCOC(=O)CCCCC(=O)OCc1cccc(Oc2ccccc2)c1. The van der Waals surface area contributed by atoms with Gasteiger partial charge in [0.05, 0.1) is 6.61 Å². The van der Waals surface area contributed by atoms with Crippen molar-refractivity contribution in [2.24, 2.45) is 0 Å². The molecule has 156 valence electrons. The average molecular weight is 398 g/mol. The van der Waals surface area contributed by atoms with Crippen LogP contribution >= 0.6 is 0 Å². The Morgan fingerprint density at radius 1 is 0.759 bits per heavy atom. The van der Waals surface area contributed by atoms with Crippen molar-refractivity contribution < 1.29 is 23.8 Å². The molecule has 0 atom stereocenters. The number of esters is 2. The minimum atomic E-state index is -0.268. The lowest BCUT2D eigenvalue weighted by Gasteiger charge is -2.08. The van der Waals surface area contributed by atoms with Crippen LogP contribution in [-0.2, 0) is 25.7 Å². The van der Waals surface area contributed by atoms with Crippen LogP contribution in [-0.4, -0.2) is 18.5 Å². The Hall–Kier alpha value is -2.82. The highest BCUT2D eigenvalue weighted by molar-refractivity contribution is 5.70. The summed E-state index contributed by atoms with van der Waals surface area (Å²) in [6, 6.07) is 17.0. The van der Waals surface area contributed by atoms with E-state index in [0.717, 1.165) is 30.6 Å². The molecule has 0 bridgehead atoms. The minimum Gasteiger partial charge on any atom is -0.466 e. The van der Waals surface area contributed by atoms with Crippen LogP contribution in [0.25, 0.3) is 0 Å². The topological polar surface area (TPSA) is 61.8 Å². The molecular formula is C24H30O5. The molecule has 5 heteroatoms. The number of hydrogen-bond acceptors (Lipinski definition) is 5. The summed E-state index contributed by atoms with van der Waals surface area (Å²) in [5.41, 5.74) is 0.863. The van der Waals surface area contributed by atoms with Gasteiger partial charge in [0.25, 0.3) is 0 Å². The van der Waals surface area contributed by atoms with E-state index in [9.17, 15) is 9.59 Å². The molecule has 0 spiro atoms. The highest BCUT2D eigenvalue weighted by Crippen LogP contribution is 2.22. The molecule has 0 aliphatic heterocycles. The predicted octanol–water partition coefficient (Wildman–Crippen LogP) is 5.82. The fourth-order valence-corrected chi connectivity index (χ4v) is 2.71. The van der Waals surface area contributed by atoms with Gasteiger partial charge in [-0.15, -0.1) is 0 Å². The number of para-hydroxylation sites is 1. The third kappa shape index (κ3) is 9.79. The zero-order valence-corrected chi connectivity index (χ0v) is 17.1. The standard InChI is InChI=1S/C24H30O5/c1-2-3-9-17-27-23(25)15-7-8-16-24(26)28-19-20-11-10-14-22(18-20)29-21-12-5-4-6-13-21/h4-6,10-14,18H,2-3,7-9,15-17,19H2,1H3. The first kappa shape index (κ1) is 22.5. The van der Waals surface area contributed by atoms with Crippen molar-refractivity contribution in [1.29, 1.82) is 0 Å². The number of ether oxygens (including phenoxy) is 3. The second-order valence-corrected chi connectivity index (χ2v) is 6.86. The van der Waals surface area contributed by atoms with E-state index in [2.05, 4.69) is 6.92 Å². The molecule has 0 radical (unpaired) electrons. The Balaban J connectivity index is 1.61. The molecule has 0 aliphatic carbocycles. The van der Waals surface area contributed by atoms with Gasteiger partial charge in [0, 0.05) is 12.8 Å². The van der Waals surface area contributed by atoms with E-state index in [1.54, 1.807) is 0 Å². The Bertz CT molecular complexity index is 742. The number of carbonyl (C=O) groups excluding carboxylic acids is 2. The number of hydrogen-bond donors (Lipinski definition) is 0. The van der Waals surface area contributed by atoms with Gasteiger partial charge in [-0.3, -0.25) is 9.59 Å². The van der Waals surface area contributed by atoms with Crippen LogP contribution in [0.1, 0.15) is 57.4 Å². The predicted molar refractivity (Wildman–Crippen MR) is 112 cm³/mol. The molecular weight excluding hydrogens is 368 g/mol. The molecule has 0 unspecified atom stereocenters. The van der Waals surface area contributed by atoms with Crippen molar-refractivity contribution in [1.82, 2.24) is 0 Å². The molecule has 0 aromatic heterocycles. The van der Waals surface area contributed by atoms with E-state index >= 15 is 0 Å². The lowest BCUT2D eigenvalue weighted by Crippen LogP contribution is -2.07. The Kier molecular flexibility index (Phi) is 10.4. The van der Waals surface area contributed by atoms with E-state index in [0.29, 0.717) is 38.0 Å². The molecule has 29 heavy (non-hydrogen) atoms. The number of carbonyl (C=O) groups is 2. The van der Waals surface area contributed by atoms with Crippen LogP contribution in [0.3, 0.4) is 0 Å². The molecule has 2 aromatic carbocycles. The van der Waals surface area contributed by atoms with Crippen molar-refractivity contribution in [2.45, 2.75) is 58.5 Å². The molecule has 2 rings (SSSR count). The van der Waals surface area contributed by atoms with Crippen LogP contribution in [0, 0.1) is 0 Å². The Morgan fingerprint density at radius 3 is 2.17 bits per heavy atom. The number of benzene rings is 2. The van der Waals surface area contributed by atoms with Gasteiger partial charge < -0.3 is 14.2 Å². The Labute approximate surface area is 173 Å². The summed E-state index contributed by atoms with van der Waals surface area (Å²) in [7, 11) is 0. The van der Waals surface area contributed by atoms with E-state index < -0.39 is 0 Å². The van der Waals surface area contributed by atoms with E-state index in [-0.39, 0.29) is 18.5 Å². The van der Waals surface area contributed by atoms with E-state index in [4.69, 9.17) is 14.2 Å². The third-order valence-corrected chi connectivity index (χ3v) is 4.30. The summed E-state index contributed by atoms with van der Waals surface area (Å²) >= 11 is 0. The maximum atomic E-state index is 11.9. The zero-order chi connectivity index (χ0) is 20.7. The lowest BCUT2D eigenvalue weighted by atomic mass is 10.2. The molecule has 0 aliphatic rings. The quantitative estimate of drug-likeness (QED) is 0.314. The smallest absolute Gasteiger partial charge is 0.306 e. The lowest BCUT2D eigenvalue weighted by molar-refractivity contribution is -0.146. The van der Waals surface area contributed by atoms with Gasteiger partial charge in [-0.05, 0) is 49.1 Å². The Morgan fingerprint density at radius 2 is 1.45 bits per heavy atom. The molecule has 0 fully saturated rings. The highest BCUT2D eigenvalue weighted by Gasteiger charge is 2.07. The van der Waals surface area contributed by atoms with Gasteiger partial charge in [-0.25, -0.2) is 0 Å². The second-order valence-electron chi connectivity index (χ2n) is 6.86. The summed E-state index contributed by atoms with van der Waals surface area (Å²) in [5, 5.41) is 0. The van der Waals surface area contributed by atoms with Crippen molar-refractivity contribution in [3.63, 3.8) is 0 Å². The zero-order valence-electron chi connectivity index (χ0n) is 17.1. The van der Waals surface area contributed by atoms with Crippen LogP contribution in [0.5, 0.6) is 11.5 Å². The second kappa shape index (κ2) is 13.4. The summed E-state index contributed by atoms with van der Waals surface area (Å²) in [4.78, 5) is 23.5. The van der Waals surface area contributed by atoms with Gasteiger partial charge in [0.15, 0.2) is 0 Å². The van der Waals surface area contributed by atoms with Crippen molar-refractivity contribution >= 4 is 11.9 Å². The number of rotatable bonds is 13. The van der Waals surface area contributed by atoms with E-state index in [1.165, 1.54) is 0 Å². The van der Waals surface area contributed by atoms with Crippen LogP contribution in [0.4, 0.5) is 0 Å². The first-order chi connectivity index (χ1) is 14.2. The van der Waals surface area contributed by atoms with Crippen molar-refractivity contribution in [3.8, 4) is 11.5 Å². The first-order valence-electron chi connectivity index (χ1n) is 10.3. The van der Waals surface area contributed by atoms with Crippen molar-refractivity contribution in [2.75, 3.05) is 6.61 Å². The molecule has 2 aromatic rings. The average Bonchev–Trinajstić information content (AvgIpc) is 2.74. The molecule has 0 heterocycles. The molecule has 5 nitrogen and oxygen atoms in total. The van der Waals surface area contributed by atoms with Crippen molar-refractivity contribution in [3.05, 3.63) is 60.2 Å². The molecule has 0 N–H and O–H groups in total. The van der Waals surface area contributed by atoms with Crippen LogP contribution < -0.4 is 4.74 Å². The number of unbranched alkanes of at least 4 members (excludes halogenated alkanes) is 3. The summed E-state index contributed by atoms with van der Waals surface area (Å²) < 4.78 is 16.2. The normalized spacial score (nSPS) is 10.4. The van der Waals surface area contributed by atoms with Gasteiger partial charge in [-0.2, -0.15) is 0 Å². The fourth-order valence-electron chi connectivity index (χ4n) is 2.71. The molecule has 0 saturated carbocycles. The largest absolute Gasteiger partial charge is 0.466 e. The van der Waals surface area contributed by atoms with Gasteiger partial charge in [0.1, 0.15) is 18.1 Å². The van der Waals surface area contributed by atoms with Crippen LogP contribution in [0.2, 0.25) is 0 Å². The highest BCUT2D eigenvalue weighted by atomic mass is 16.5. The van der Waals surface area contributed by atoms with Crippen LogP contribution in [0.15, 0.2) is 54.6 Å². The maximum Gasteiger partial charge on any atom is 0.306 e. The fraction of sp³-hybridized carbons (Fsp3) is 0.417. The summed E-state index contributed by atoms with van der Waals surface area (Å²) in [6.45, 7) is 2.79. The first-order valence-corrected chi connectivity index (χ1v) is 10.3. The third-order valence-electron chi connectivity index (χ3n) is 4.30. The van der Waals surface area contributed by atoms with E-state index in [1.807, 2.05) is 54.6 Å². The maximum absolute atomic E-state index is 11.9. The minimum absolute atomic E-state index is 0.190. The monoisotopic (exact) mass is 398 g/mol. The summed E-state index contributed by atoms with van der Waals surface area (Å²) in [5.74, 6) is 0.994.